The molecule has 2 amide bonds. The number of amides is 2. The van der Waals surface area contributed by atoms with E-state index in [1.807, 2.05) is 29.7 Å². The van der Waals surface area contributed by atoms with E-state index in [1.54, 1.807) is 0 Å². The van der Waals surface area contributed by atoms with Crippen molar-refractivity contribution in [3.05, 3.63) is 28.5 Å². The standard InChI is InChI=1S/C14H17BrN4O3/c1-2-19-11-4-3-9(15)7-10(11)18-12(19)8-17-14(22)16-6-5-13(20)21/h3-4,7H,2,5-6,8H2,1H3,(H,20,21)(H2,16,17,22). The number of urea groups is 1. The summed E-state index contributed by atoms with van der Waals surface area (Å²) < 4.78 is 2.98. The number of carbonyl (C=O) groups is 2. The van der Waals surface area contributed by atoms with Crippen molar-refractivity contribution in [3.63, 3.8) is 0 Å². The molecule has 0 atom stereocenters. The van der Waals surface area contributed by atoms with Gasteiger partial charge in [-0.25, -0.2) is 9.78 Å². The average Bonchev–Trinajstić information content (AvgIpc) is 2.81. The number of carboxylic acid groups (broad SMARTS) is 1. The molecule has 0 saturated carbocycles. The highest BCUT2D eigenvalue weighted by Crippen LogP contribution is 2.20. The van der Waals surface area contributed by atoms with Gasteiger partial charge in [-0.2, -0.15) is 0 Å². The molecule has 118 valence electrons. The van der Waals surface area contributed by atoms with Crippen LogP contribution in [0, 0.1) is 0 Å². The lowest BCUT2D eigenvalue weighted by Crippen LogP contribution is -2.36. The summed E-state index contributed by atoms with van der Waals surface area (Å²) in [7, 11) is 0. The lowest BCUT2D eigenvalue weighted by molar-refractivity contribution is -0.136. The number of hydrogen-bond acceptors (Lipinski definition) is 3. The van der Waals surface area contributed by atoms with Crippen molar-refractivity contribution in [2.75, 3.05) is 6.54 Å². The molecule has 7 nitrogen and oxygen atoms in total. The van der Waals surface area contributed by atoms with E-state index in [4.69, 9.17) is 5.11 Å². The summed E-state index contributed by atoms with van der Waals surface area (Å²) in [6.45, 7) is 3.13. The molecular formula is C14H17BrN4O3. The molecule has 2 rings (SSSR count). The Morgan fingerprint density at radius 3 is 2.82 bits per heavy atom. The monoisotopic (exact) mass is 368 g/mol. The Bertz CT molecular complexity index is 699. The van der Waals surface area contributed by atoms with Gasteiger partial charge < -0.3 is 20.3 Å². The quantitative estimate of drug-likeness (QED) is 0.727. The van der Waals surface area contributed by atoms with E-state index in [-0.39, 0.29) is 19.5 Å². The van der Waals surface area contributed by atoms with Crippen LogP contribution < -0.4 is 10.6 Å². The van der Waals surface area contributed by atoms with E-state index in [9.17, 15) is 9.59 Å². The van der Waals surface area contributed by atoms with Crippen LogP contribution in [0.25, 0.3) is 11.0 Å². The zero-order valence-electron chi connectivity index (χ0n) is 12.1. The number of imidazole rings is 1. The average molecular weight is 369 g/mol. The highest BCUT2D eigenvalue weighted by molar-refractivity contribution is 9.10. The number of rotatable bonds is 6. The van der Waals surface area contributed by atoms with Crippen molar-refractivity contribution in [1.82, 2.24) is 20.2 Å². The second-order valence-corrected chi connectivity index (χ2v) is 5.57. The minimum atomic E-state index is -0.946. The number of hydrogen-bond donors (Lipinski definition) is 3. The van der Waals surface area contributed by atoms with Crippen molar-refractivity contribution >= 4 is 39.0 Å². The second-order valence-electron chi connectivity index (χ2n) is 4.66. The molecule has 1 aromatic carbocycles. The molecule has 2 aromatic rings. The topological polar surface area (TPSA) is 96.2 Å². The molecule has 0 fully saturated rings. The summed E-state index contributed by atoms with van der Waals surface area (Å²) in [5.74, 6) is -0.192. The Kier molecular flexibility index (Phi) is 5.37. The van der Waals surface area contributed by atoms with E-state index in [1.165, 1.54) is 0 Å². The van der Waals surface area contributed by atoms with Gasteiger partial charge in [0.05, 0.1) is 24.0 Å². The third-order valence-electron chi connectivity index (χ3n) is 3.14. The molecular weight excluding hydrogens is 352 g/mol. The van der Waals surface area contributed by atoms with Gasteiger partial charge in [0.1, 0.15) is 5.82 Å². The number of carboxylic acids is 1. The molecule has 0 bridgehead atoms. The number of aromatic nitrogens is 2. The maximum Gasteiger partial charge on any atom is 0.315 e. The van der Waals surface area contributed by atoms with Gasteiger partial charge in [-0.1, -0.05) is 15.9 Å². The Morgan fingerprint density at radius 2 is 2.14 bits per heavy atom. The number of nitrogens with one attached hydrogen (secondary N) is 2. The number of benzene rings is 1. The van der Waals surface area contributed by atoms with E-state index >= 15 is 0 Å². The Labute approximate surface area is 135 Å². The van der Waals surface area contributed by atoms with E-state index in [0.717, 1.165) is 27.9 Å². The molecule has 0 saturated heterocycles. The fourth-order valence-corrected chi connectivity index (χ4v) is 2.49. The molecule has 0 spiro atoms. The molecule has 8 heteroatoms. The van der Waals surface area contributed by atoms with Crippen molar-refractivity contribution in [3.8, 4) is 0 Å². The third kappa shape index (κ3) is 3.97. The van der Waals surface area contributed by atoms with Crippen LogP contribution in [-0.4, -0.2) is 33.2 Å². The van der Waals surface area contributed by atoms with Gasteiger partial charge in [-0.15, -0.1) is 0 Å². The normalized spacial score (nSPS) is 10.6. The van der Waals surface area contributed by atoms with Crippen molar-refractivity contribution in [2.45, 2.75) is 26.4 Å². The van der Waals surface area contributed by atoms with Gasteiger partial charge in [0.2, 0.25) is 0 Å². The number of carbonyl (C=O) groups excluding carboxylic acids is 1. The van der Waals surface area contributed by atoms with Crippen molar-refractivity contribution in [1.29, 1.82) is 0 Å². The molecule has 1 heterocycles. The van der Waals surface area contributed by atoms with E-state index in [0.29, 0.717) is 0 Å². The van der Waals surface area contributed by atoms with Gasteiger partial charge in [0, 0.05) is 17.6 Å². The Balaban J connectivity index is 2.02. The molecule has 0 aliphatic rings. The first-order valence-corrected chi connectivity index (χ1v) is 7.68. The van der Waals surface area contributed by atoms with Crippen LogP contribution in [0.3, 0.4) is 0 Å². The first-order chi connectivity index (χ1) is 10.5. The van der Waals surface area contributed by atoms with E-state index in [2.05, 4.69) is 31.5 Å². The highest BCUT2D eigenvalue weighted by Gasteiger charge is 2.11. The molecule has 0 unspecified atom stereocenters. The predicted molar refractivity (Wildman–Crippen MR) is 85.6 cm³/mol. The zero-order chi connectivity index (χ0) is 16.1. The maximum absolute atomic E-state index is 11.6. The minimum Gasteiger partial charge on any atom is -0.481 e. The highest BCUT2D eigenvalue weighted by atomic mass is 79.9. The summed E-state index contributed by atoms with van der Waals surface area (Å²) in [6.07, 6.45) is -0.102. The Hall–Kier alpha value is -2.09. The number of nitrogens with zero attached hydrogens (tertiary/aromatic N) is 2. The van der Waals surface area contributed by atoms with Crippen molar-refractivity contribution in [2.24, 2.45) is 0 Å². The van der Waals surface area contributed by atoms with Gasteiger partial charge in [0.15, 0.2) is 0 Å². The summed E-state index contributed by atoms with van der Waals surface area (Å²) in [5.41, 5.74) is 1.87. The van der Waals surface area contributed by atoms with E-state index < -0.39 is 12.0 Å². The molecule has 0 aliphatic carbocycles. The summed E-state index contributed by atoms with van der Waals surface area (Å²) in [6, 6.07) is 5.45. The van der Waals surface area contributed by atoms with Crippen LogP contribution >= 0.6 is 15.9 Å². The summed E-state index contributed by atoms with van der Waals surface area (Å²) >= 11 is 3.41. The number of fused-ring (bicyclic) bond motifs is 1. The second kappa shape index (κ2) is 7.26. The van der Waals surface area contributed by atoms with Crippen LogP contribution in [0.1, 0.15) is 19.2 Å². The van der Waals surface area contributed by atoms with Gasteiger partial charge in [0.25, 0.3) is 0 Å². The number of aliphatic carboxylic acids is 1. The SMILES string of the molecule is CCn1c(CNC(=O)NCCC(=O)O)nc2cc(Br)ccc21. The first kappa shape index (κ1) is 16.3. The van der Waals surface area contributed by atoms with Crippen LogP contribution in [0.15, 0.2) is 22.7 Å². The molecule has 0 aliphatic heterocycles. The minimum absolute atomic E-state index is 0.0955. The Morgan fingerprint density at radius 1 is 1.36 bits per heavy atom. The maximum atomic E-state index is 11.6. The fourth-order valence-electron chi connectivity index (χ4n) is 2.15. The third-order valence-corrected chi connectivity index (χ3v) is 3.63. The summed E-state index contributed by atoms with van der Waals surface area (Å²) in [5, 5.41) is 13.7. The predicted octanol–water partition coefficient (Wildman–Crippen LogP) is 2.09. The summed E-state index contributed by atoms with van der Waals surface area (Å²) in [4.78, 5) is 26.5. The van der Waals surface area contributed by atoms with Gasteiger partial charge >= 0.3 is 12.0 Å². The van der Waals surface area contributed by atoms with Crippen LogP contribution in [0.4, 0.5) is 4.79 Å². The van der Waals surface area contributed by atoms with Gasteiger partial charge in [-0.3, -0.25) is 4.79 Å². The lowest BCUT2D eigenvalue weighted by atomic mass is 10.3. The largest absolute Gasteiger partial charge is 0.481 e. The molecule has 22 heavy (non-hydrogen) atoms. The molecule has 0 radical (unpaired) electrons. The smallest absolute Gasteiger partial charge is 0.315 e. The van der Waals surface area contributed by atoms with Crippen LogP contribution in [-0.2, 0) is 17.9 Å². The fraction of sp³-hybridized carbons (Fsp3) is 0.357. The first-order valence-electron chi connectivity index (χ1n) is 6.89. The zero-order valence-corrected chi connectivity index (χ0v) is 13.7. The van der Waals surface area contributed by atoms with Gasteiger partial charge in [-0.05, 0) is 25.1 Å². The van der Waals surface area contributed by atoms with Crippen LogP contribution in [0.2, 0.25) is 0 Å². The molecule has 1 aromatic heterocycles. The molecule has 3 N–H and O–H groups in total. The lowest BCUT2D eigenvalue weighted by Gasteiger charge is -2.08. The van der Waals surface area contributed by atoms with Crippen molar-refractivity contribution < 1.29 is 14.7 Å². The van der Waals surface area contributed by atoms with Crippen LogP contribution in [0.5, 0.6) is 0 Å². The number of halogens is 1. The number of aryl methyl sites for hydroxylation is 1.